The van der Waals surface area contributed by atoms with Crippen LogP contribution in [0.25, 0.3) is 0 Å². The van der Waals surface area contributed by atoms with Crippen LogP contribution >= 0.6 is 8.88 Å². The molecule has 3 nitrogen and oxygen atoms in total. The number of hydrogen-bond acceptors (Lipinski definition) is 2. The van der Waals surface area contributed by atoms with Crippen molar-refractivity contribution < 1.29 is 4.79 Å². The molecule has 1 N–H and O–H groups in total. The average Bonchev–Trinajstić information content (AvgIpc) is 1.87. The van der Waals surface area contributed by atoms with Gasteiger partial charge in [-0.05, 0) is 27.7 Å². The SMILES string of the molecule is CC(C)N(PNC=O)C(C)C. The number of hydrogen-bond donors (Lipinski definition) is 1. The van der Waals surface area contributed by atoms with Gasteiger partial charge < -0.3 is 5.09 Å². The summed E-state index contributed by atoms with van der Waals surface area (Å²) in [6.45, 7) is 8.50. The van der Waals surface area contributed by atoms with Crippen molar-refractivity contribution >= 4 is 15.3 Å². The highest BCUT2D eigenvalue weighted by molar-refractivity contribution is 7.33. The minimum atomic E-state index is 0.399. The molecular formula is C7H17N2OP. The molecule has 0 aromatic carbocycles. The summed E-state index contributed by atoms with van der Waals surface area (Å²) >= 11 is 0. The summed E-state index contributed by atoms with van der Waals surface area (Å²) in [5, 5.41) is 2.68. The molecule has 0 saturated carbocycles. The molecule has 0 aromatic rings. The van der Waals surface area contributed by atoms with Crippen LogP contribution in [0.2, 0.25) is 0 Å². The lowest BCUT2D eigenvalue weighted by Gasteiger charge is -2.28. The predicted molar refractivity (Wildman–Crippen MR) is 49.6 cm³/mol. The van der Waals surface area contributed by atoms with Crippen LogP contribution in [0, 0.1) is 0 Å². The van der Waals surface area contributed by atoms with Crippen molar-refractivity contribution in [3.05, 3.63) is 0 Å². The van der Waals surface area contributed by atoms with E-state index in [0.29, 0.717) is 21.0 Å². The van der Waals surface area contributed by atoms with Gasteiger partial charge in [0.15, 0.2) is 0 Å². The van der Waals surface area contributed by atoms with Gasteiger partial charge in [0.25, 0.3) is 0 Å². The zero-order chi connectivity index (χ0) is 8.85. The number of carbonyl (C=O) groups is 1. The Hall–Kier alpha value is -0.140. The van der Waals surface area contributed by atoms with Crippen LogP contribution in [0.5, 0.6) is 0 Å². The van der Waals surface area contributed by atoms with Gasteiger partial charge in [-0.15, -0.1) is 0 Å². The fourth-order valence-electron chi connectivity index (χ4n) is 0.955. The summed E-state index contributed by atoms with van der Waals surface area (Å²) in [5.74, 6) is 0. The summed E-state index contributed by atoms with van der Waals surface area (Å²) in [6.07, 6.45) is 0.746. The molecule has 0 heterocycles. The molecule has 0 rings (SSSR count). The van der Waals surface area contributed by atoms with E-state index in [1.807, 2.05) is 0 Å². The average molecular weight is 176 g/mol. The predicted octanol–water partition coefficient (Wildman–Crippen LogP) is 1.36. The second-order valence-corrected chi connectivity index (χ2v) is 4.00. The Labute approximate surface area is 70.4 Å². The Morgan fingerprint density at radius 3 is 2.00 bits per heavy atom. The Morgan fingerprint density at radius 1 is 1.27 bits per heavy atom. The summed E-state index contributed by atoms with van der Waals surface area (Å²) in [5.41, 5.74) is 0. The van der Waals surface area contributed by atoms with Crippen molar-refractivity contribution in [3.8, 4) is 0 Å². The summed E-state index contributed by atoms with van der Waals surface area (Å²) < 4.78 is 2.23. The molecule has 0 aliphatic heterocycles. The first-order valence-electron chi connectivity index (χ1n) is 3.82. The third-order valence-electron chi connectivity index (χ3n) is 1.37. The van der Waals surface area contributed by atoms with Gasteiger partial charge in [-0.3, -0.25) is 9.46 Å². The summed E-state index contributed by atoms with van der Waals surface area (Å²) in [6, 6.07) is 0.974. The molecule has 1 unspecified atom stereocenters. The van der Waals surface area contributed by atoms with Gasteiger partial charge in [0.1, 0.15) is 0 Å². The Bertz CT molecular complexity index is 109. The van der Waals surface area contributed by atoms with E-state index in [0.717, 1.165) is 6.41 Å². The topological polar surface area (TPSA) is 32.3 Å². The fraction of sp³-hybridized carbons (Fsp3) is 0.857. The lowest BCUT2D eigenvalue weighted by atomic mass is 10.3. The van der Waals surface area contributed by atoms with Crippen LogP contribution in [0.3, 0.4) is 0 Å². The van der Waals surface area contributed by atoms with Crippen molar-refractivity contribution in [1.29, 1.82) is 0 Å². The van der Waals surface area contributed by atoms with Gasteiger partial charge >= 0.3 is 0 Å². The third kappa shape index (κ3) is 4.33. The molecule has 0 radical (unpaired) electrons. The molecule has 0 aliphatic carbocycles. The minimum Gasteiger partial charge on any atom is -0.328 e. The van der Waals surface area contributed by atoms with E-state index >= 15 is 0 Å². The van der Waals surface area contributed by atoms with Crippen LogP contribution in [-0.4, -0.2) is 23.2 Å². The van der Waals surface area contributed by atoms with Crippen LogP contribution < -0.4 is 5.09 Å². The Kier molecular flexibility index (Phi) is 5.43. The van der Waals surface area contributed by atoms with Crippen molar-refractivity contribution in [3.63, 3.8) is 0 Å². The largest absolute Gasteiger partial charge is 0.328 e. The van der Waals surface area contributed by atoms with E-state index < -0.39 is 0 Å². The molecule has 0 spiro atoms. The van der Waals surface area contributed by atoms with Gasteiger partial charge in [-0.1, -0.05) is 0 Å². The third-order valence-corrected chi connectivity index (χ3v) is 2.90. The zero-order valence-corrected chi connectivity index (χ0v) is 8.59. The molecule has 4 heteroatoms. The maximum Gasteiger partial charge on any atom is 0.211 e. The van der Waals surface area contributed by atoms with Gasteiger partial charge in [-0.25, -0.2) is 0 Å². The van der Waals surface area contributed by atoms with Crippen LogP contribution in [-0.2, 0) is 4.79 Å². The first-order chi connectivity index (χ1) is 5.09. The molecule has 0 bridgehead atoms. The van der Waals surface area contributed by atoms with E-state index in [4.69, 9.17) is 0 Å². The van der Waals surface area contributed by atoms with Crippen molar-refractivity contribution in [2.75, 3.05) is 0 Å². The second kappa shape index (κ2) is 5.50. The molecule has 0 fully saturated rings. The van der Waals surface area contributed by atoms with Gasteiger partial charge in [0, 0.05) is 12.1 Å². The fourth-order valence-corrected chi connectivity index (χ4v) is 1.67. The van der Waals surface area contributed by atoms with Crippen molar-refractivity contribution in [2.45, 2.75) is 39.8 Å². The van der Waals surface area contributed by atoms with Crippen molar-refractivity contribution in [2.24, 2.45) is 0 Å². The van der Waals surface area contributed by atoms with E-state index in [-0.39, 0.29) is 0 Å². The molecular weight excluding hydrogens is 159 g/mol. The number of amides is 1. The number of nitrogens with zero attached hydrogens (tertiary/aromatic N) is 1. The maximum atomic E-state index is 10.0. The Morgan fingerprint density at radius 2 is 1.73 bits per heavy atom. The lowest BCUT2D eigenvalue weighted by molar-refractivity contribution is -0.108. The normalized spacial score (nSPS) is 12.3. The first kappa shape index (κ1) is 10.9. The monoisotopic (exact) mass is 176 g/mol. The summed E-state index contributed by atoms with van der Waals surface area (Å²) in [7, 11) is 0.399. The van der Waals surface area contributed by atoms with Crippen LogP contribution in [0.4, 0.5) is 0 Å². The molecule has 11 heavy (non-hydrogen) atoms. The molecule has 0 saturated heterocycles. The highest BCUT2D eigenvalue weighted by atomic mass is 31.1. The lowest BCUT2D eigenvalue weighted by Crippen LogP contribution is -2.31. The molecule has 0 aliphatic rings. The minimum absolute atomic E-state index is 0.399. The Balaban J connectivity index is 3.79. The van der Waals surface area contributed by atoms with Gasteiger partial charge in [0.05, 0.1) is 8.88 Å². The van der Waals surface area contributed by atoms with Gasteiger partial charge in [0.2, 0.25) is 6.41 Å². The molecule has 66 valence electrons. The van der Waals surface area contributed by atoms with E-state index in [1.54, 1.807) is 0 Å². The quantitative estimate of drug-likeness (QED) is 0.506. The first-order valence-corrected chi connectivity index (χ1v) is 4.77. The highest BCUT2D eigenvalue weighted by Gasteiger charge is 2.11. The van der Waals surface area contributed by atoms with E-state index in [2.05, 4.69) is 37.5 Å². The second-order valence-electron chi connectivity index (χ2n) is 2.97. The van der Waals surface area contributed by atoms with Gasteiger partial charge in [-0.2, -0.15) is 0 Å². The van der Waals surface area contributed by atoms with Crippen LogP contribution in [0.1, 0.15) is 27.7 Å². The van der Waals surface area contributed by atoms with E-state index in [1.165, 1.54) is 0 Å². The molecule has 1 atom stereocenters. The van der Waals surface area contributed by atoms with Crippen LogP contribution in [0.15, 0.2) is 0 Å². The number of nitrogens with one attached hydrogen (secondary N) is 1. The molecule has 0 aromatic heterocycles. The molecule has 1 amide bonds. The number of carbonyl (C=O) groups excluding carboxylic acids is 1. The zero-order valence-electron chi connectivity index (χ0n) is 7.59. The standard InChI is InChI=1S/C7H17N2OP/c1-6(2)9(7(3)4)11-8-5-10/h5-7,11H,1-4H3,(H,8,10). The number of rotatable bonds is 5. The smallest absolute Gasteiger partial charge is 0.211 e. The van der Waals surface area contributed by atoms with E-state index in [9.17, 15) is 4.79 Å². The highest BCUT2D eigenvalue weighted by Crippen LogP contribution is 2.19. The van der Waals surface area contributed by atoms with Crippen molar-refractivity contribution in [1.82, 2.24) is 9.76 Å². The maximum absolute atomic E-state index is 10.0. The summed E-state index contributed by atoms with van der Waals surface area (Å²) in [4.78, 5) is 10.0.